The zero-order valence-electron chi connectivity index (χ0n) is 28.3. The molecule has 4 N–H and O–H groups in total. The fourth-order valence-corrected chi connectivity index (χ4v) is 5.74. The summed E-state index contributed by atoms with van der Waals surface area (Å²) in [6.07, 6.45) is 6.45. The number of anilines is 1. The molecule has 11 nitrogen and oxygen atoms in total. The van der Waals surface area contributed by atoms with Crippen molar-refractivity contribution in [2.45, 2.75) is 51.5 Å². The molecular formula is C38H50N5O6. The van der Waals surface area contributed by atoms with Gasteiger partial charge in [-0.15, -0.1) is 0 Å². The monoisotopic (exact) mass is 672 g/mol. The van der Waals surface area contributed by atoms with Gasteiger partial charge in [-0.05, 0) is 68.0 Å². The van der Waals surface area contributed by atoms with Crippen LogP contribution in [-0.4, -0.2) is 90.5 Å². The highest BCUT2D eigenvalue weighted by Crippen LogP contribution is 2.33. The summed E-state index contributed by atoms with van der Waals surface area (Å²) in [7, 11) is 0. The minimum absolute atomic E-state index is 0.0211. The van der Waals surface area contributed by atoms with Crippen molar-refractivity contribution in [3.63, 3.8) is 0 Å². The number of aliphatic hydroxyl groups excluding tert-OH is 1. The molecule has 0 unspecified atom stereocenters. The van der Waals surface area contributed by atoms with E-state index in [0.717, 1.165) is 61.0 Å². The number of phenolic OH excluding ortho intramolecular Hbond substituents is 1. The first-order valence-electron chi connectivity index (χ1n) is 17.3. The third-order valence-corrected chi connectivity index (χ3v) is 8.32. The second-order valence-electron chi connectivity index (χ2n) is 12.1. The number of phenols is 1. The maximum Gasteiger partial charge on any atom is 0.429 e. The lowest BCUT2D eigenvalue weighted by Crippen LogP contribution is -2.50. The number of para-hydroxylation sites is 1. The molecule has 11 heteroatoms. The highest BCUT2D eigenvalue weighted by molar-refractivity contribution is 5.93. The van der Waals surface area contributed by atoms with Crippen LogP contribution in [0.4, 0.5) is 10.5 Å². The third kappa shape index (κ3) is 12.8. The van der Waals surface area contributed by atoms with E-state index in [4.69, 9.17) is 9.84 Å². The van der Waals surface area contributed by atoms with Gasteiger partial charge in [0, 0.05) is 51.3 Å². The van der Waals surface area contributed by atoms with Gasteiger partial charge in [-0.25, -0.2) is 14.8 Å². The minimum atomic E-state index is -0.499. The standard InChI is InChI=1S/C38H50N5O6/c44-28-23-40-36(46)20-27-41(30-31-16-18-33(45)19-17-31)24-9-2-8-22-39-37(47)21-29-49-38(48)43(42-25-10-3-11-26-42)35-15-7-6-14-34(35)32-12-4-1-5-13-32/h1,3-7,12-19,44-45H,2,8-11,20-30H2,(H,39,47)(H,40,46). The van der Waals surface area contributed by atoms with Crippen LogP contribution in [0.25, 0.3) is 11.1 Å². The van der Waals surface area contributed by atoms with Crippen LogP contribution in [0.15, 0.2) is 78.9 Å². The van der Waals surface area contributed by atoms with Crippen molar-refractivity contribution in [2.75, 3.05) is 57.5 Å². The van der Waals surface area contributed by atoms with E-state index >= 15 is 0 Å². The van der Waals surface area contributed by atoms with Crippen molar-refractivity contribution in [2.24, 2.45) is 0 Å². The predicted molar refractivity (Wildman–Crippen MR) is 190 cm³/mol. The summed E-state index contributed by atoms with van der Waals surface area (Å²) in [5.41, 5.74) is 3.72. The molecule has 0 spiro atoms. The summed E-state index contributed by atoms with van der Waals surface area (Å²) >= 11 is 0. The van der Waals surface area contributed by atoms with Crippen molar-refractivity contribution in [3.05, 3.63) is 90.8 Å². The van der Waals surface area contributed by atoms with Gasteiger partial charge in [0.25, 0.3) is 0 Å². The Labute approximate surface area is 289 Å². The van der Waals surface area contributed by atoms with Crippen molar-refractivity contribution in [1.82, 2.24) is 20.5 Å². The fourth-order valence-electron chi connectivity index (χ4n) is 5.74. The predicted octanol–water partition coefficient (Wildman–Crippen LogP) is 4.89. The van der Waals surface area contributed by atoms with Gasteiger partial charge in [0.2, 0.25) is 11.8 Å². The molecule has 1 aliphatic rings. The molecule has 4 rings (SSSR count). The van der Waals surface area contributed by atoms with Crippen molar-refractivity contribution < 1.29 is 29.3 Å². The molecule has 1 saturated heterocycles. The number of aromatic hydroxyl groups is 1. The molecule has 3 aromatic rings. The van der Waals surface area contributed by atoms with E-state index in [1.165, 1.54) is 0 Å². The van der Waals surface area contributed by atoms with Crippen LogP contribution < -0.4 is 15.6 Å². The van der Waals surface area contributed by atoms with Gasteiger partial charge < -0.3 is 25.6 Å². The van der Waals surface area contributed by atoms with E-state index in [1.807, 2.05) is 71.7 Å². The van der Waals surface area contributed by atoms with E-state index in [2.05, 4.69) is 22.0 Å². The van der Waals surface area contributed by atoms with Gasteiger partial charge in [-0.3, -0.25) is 14.5 Å². The van der Waals surface area contributed by atoms with E-state index in [9.17, 15) is 19.5 Å². The number of nitrogens with one attached hydrogen (secondary N) is 2. The van der Waals surface area contributed by atoms with Gasteiger partial charge in [0.1, 0.15) is 12.4 Å². The van der Waals surface area contributed by atoms with Crippen molar-refractivity contribution in [1.29, 1.82) is 0 Å². The summed E-state index contributed by atoms with van der Waals surface area (Å²) < 4.78 is 5.68. The van der Waals surface area contributed by atoms with Gasteiger partial charge in [-0.1, -0.05) is 67.1 Å². The molecule has 0 atom stereocenters. The molecule has 0 saturated carbocycles. The quantitative estimate of drug-likeness (QED) is 0.132. The number of aliphatic hydroxyl groups is 1. The fraction of sp³-hybridized carbons (Fsp3) is 0.421. The number of carbonyl (C=O) groups excluding carboxylic acids is 3. The summed E-state index contributed by atoms with van der Waals surface area (Å²) in [5.74, 6) is -0.0609. The van der Waals surface area contributed by atoms with Crippen LogP contribution >= 0.6 is 0 Å². The molecule has 1 heterocycles. The Kier molecular flexibility index (Phi) is 15.9. The number of rotatable bonds is 19. The Morgan fingerprint density at radius 3 is 2.22 bits per heavy atom. The number of hydrogen-bond donors (Lipinski definition) is 4. The normalized spacial score (nSPS) is 13.2. The van der Waals surface area contributed by atoms with Gasteiger partial charge in [0.15, 0.2) is 0 Å². The summed E-state index contributed by atoms with van der Waals surface area (Å²) in [6.45, 7) is 4.04. The van der Waals surface area contributed by atoms with Gasteiger partial charge >= 0.3 is 6.09 Å². The molecule has 3 amide bonds. The lowest BCUT2D eigenvalue weighted by atomic mass is 10.0. The summed E-state index contributed by atoms with van der Waals surface area (Å²) in [5, 5.41) is 27.8. The Bertz CT molecular complexity index is 1430. The molecular weight excluding hydrogens is 622 g/mol. The van der Waals surface area contributed by atoms with Crippen LogP contribution in [0.3, 0.4) is 0 Å². The zero-order chi connectivity index (χ0) is 34.7. The van der Waals surface area contributed by atoms with Crippen LogP contribution in [0.5, 0.6) is 5.75 Å². The number of nitrogens with zero attached hydrogens (tertiary/aromatic N) is 3. The Morgan fingerprint density at radius 1 is 0.776 bits per heavy atom. The SMILES string of the molecule is O=C(CCOC(=O)N(c1ccccc1-c1ccccc1)N1CC[CH]CC1)NCCCCCN(CCC(=O)NCCO)Cc1ccc(O)cc1. The minimum Gasteiger partial charge on any atom is -0.508 e. The molecule has 1 radical (unpaired) electrons. The molecule has 3 aromatic carbocycles. The molecule has 0 bridgehead atoms. The summed E-state index contributed by atoms with van der Waals surface area (Å²) in [6, 6.07) is 24.8. The first-order chi connectivity index (χ1) is 23.9. The Balaban J connectivity index is 1.20. The van der Waals surface area contributed by atoms with Gasteiger partial charge in [-0.2, -0.15) is 0 Å². The van der Waals surface area contributed by atoms with Crippen molar-refractivity contribution >= 4 is 23.6 Å². The number of unbranched alkanes of at least 4 members (excludes halogenated alkanes) is 2. The number of hydrazine groups is 1. The number of amides is 3. The van der Waals surface area contributed by atoms with Crippen LogP contribution in [0, 0.1) is 6.42 Å². The first kappa shape index (κ1) is 37.4. The number of hydrogen-bond acceptors (Lipinski definition) is 8. The molecule has 263 valence electrons. The maximum atomic E-state index is 13.5. The van der Waals surface area contributed by atoms with Gasteiger partial charge in [0.05, 0.1) is 18.7 Å². The Morgan fingerprint density at radius 2 is 1.47 bits per heavy atom. The van der Waals surface area contributed by atoms with Crippen LogP contribution in [0.1, 0.15) is 50.5 Å². The van der Waals surface area contributed by atoms with E-state index in [-0.39, 0.29) is 43.7 Å². The maximum absolute atomic E-state index is 13.5. The topological polar surface area (TPSA) is 135 Å². The highest BCUT2D eigenvalue weighted by Gasteiger charge is 2.28. The lowest BCUT2D eigenvalue weighted by Gasteiger charge is -2.37. The molecule has 1 fully saturated rings. The summed E-state index contributed by atoms with van der Waals surface area (Å²) in [4.78, 5) is 40.4. The molecule has 1 aliphatic heterocycles. The number of benzene rings is 3. The third-order valence-electron chi connectivity index (χ3n) is 8.32. The van der Waals surface area contributed by atoms with E-state index < -0.39 is 6.09 Å². The van der Waals surface area contributed by atoms with E-state index in [0.29, 0.717) is 39.1 Å². The number of ether oxygens (including phenoxy) is 1. The molecule has 0 aromatic heterocycles. The largest absolute Gasteiger partial charge is 0.508 e. The highest BCUT2D eigenvalue weighted by atomic mass is 16.6. The zero-order valence-corrected chi connectivity index (χ0v) is 28.3. The average molecular weight is 673 g/mol. The van der Waals surface area contributed by atoms with Crippen LogP contribution in [-0.2, 0) is 20.9 Å². The number of piperidine rings is 1. The van der Waals surface area contributed by atoms with E-state index in [1.54, 1.807) is 17.1 Å². The second kappa shape index (κ2) is 20.8. The smallest absolute Gasteiger partial charge is 0.429 e. The molecule has 49 heavy (non-hydrogen) atoms. The van der Waals surface area contributed by atoms with Crippen LogP contribution in [0.2, 0.25) is 0 Å². The van der Waals surface area contributed by atoms with Crippen molar-refractivity contribution in [3.8, 4) is 16.9 Å². The Hall–Kier alpha value is -4.45. The lowest BCUT2D eigenvalue weighted by molar-refractivity contribution is -0.122. The number of carbonyl (C=O) groups is 3. The average Bonchev–Trinajstić information content (AvgIpc) is 3.13. The second-order valence-corrected chi connectivity index (χ2v) is 12.1. The first-order valence-corrected chi connectivity index (χ1v) is 17.3. The molecule has 0 aliphatic carbocycles.